The van der Waals surface area contributed by atoms with E-state index in [4.69, 9.17) is 16.6 Å². The third kappa shape index (κ3) is 5.52. The Bertz CT molecular complexity index is 2010. The van der Waals surface area contributed by atoms with Gasteiger partial charge < -0.3 is 15.2 Å². The van der Waals surface area contributed by atoms with Crippen LogP contribution in [0.25, 0.3) is 27.8 Å². The summed E-state index contributed by atoms with van der Waals surface area (Å²) in [6.45, 7) is 0. The minimum Gasteiger partial charge on any atom is -0.353 e. The third-order valence-corrected chi connectivity index (χ3v) is 10.3. The van der Waals surface area contributed by atoms with Crippen LogP contribution in [0.15, 0.2) is 91.3 Å². The average Bonchev–Trinajstić information content (AvgIpc) is 3.81. The van der Waals surface area contributed by atoms with Crippen molar-refractivity contribution < 1.29 is 14.4 Å². The Hall–Kier alpha value is -5.02. The topological polar surface area (TPSA) is 109 Å². The van der Waals surface area contributed by atoms with E-state index in [0.29, 0.717) is 47.1 Å². The molecule has 0 saturated heterocycles. The fourth-order valence-electron chi connectivity index (χ4n) is 7.72. The highest BCUT2D eigenvalue weighted by atomic mass is 35.5. The van der Waals surface area contributed by atoms with Crippen LogP contribution in [0, 0.1) is 5.92 Å². The number of nitrogens with zero attached hydrogens (tertiary/aromatic N) is 4. The first-order valence-electron chi connectivity index (χ1n) is 16.7. The molecule has 2 aliphatic carbocycles. The van der Waals surface area contributed by atoms with Crippen LogP contribution in [0.4, 0.5) is 5.95 Å². The minimum atomic E-state index is -0.258. The van der Waals surface area contributed by atoms with Crippen molar-refractivity contribution in [2.24, 2.45) is 5.92 Å². The minimum absolute atomic E-state index is 0.000376. The maximum Gasteiger partial charge on any atom is 0.261 e. The lowest BCUT2D eigenvalue weighted by Gasteiger charge is -2.31. The highest BCUT2D eigenvalue weighted by Gasteiger charge is 2.44. The quantitative estimate of drug-likeness (QED) is 0.182. The molecule has 0 unspecified atom stereocenters. The maximum absolute atomic E-state index is 13.4. The van der Waals surface area contributed by atoms with Gasteiger partial charge in [-0.25, -0.2) is 9.97 Å². The van der Waals surface area contributed by atoms with E-state index in [1.165, 1.54) is 4.90 Å². The number of nitrogens with one attached hydrogen (secondary N) is 2. The summed E-state index contributed by atoms with van der Waals surface area (Å²) in [6.07, 6.45) is 9.04. The number of hydrogen-bond donors (Lipinski definition) is 2. The Morgan fingerprint density at radius 3 is 2.29 bits per heavy atom. The van der Waals surface area contributed by atoms with Gasteiger partial charge in [0.15, 0.2) is 0 Å². The molecule has 4 atom stereocenters. The molecular formula is C38H35ClN6O3. The molecule has 48 heavy (non-hydrogen) atoms. The Morgan fingerprint density at radius 2 is 1.50 bits per heavy atom. The number of benzene rings is 3. The molecule has 0 spiro atoms. The number of halogens is 1. The van der Waals surface area contributed by atoms with Crippen LogP contribution >= 0.6 is 11.6 Å². The largest absolute Gasteiger partial charge is 0.353 e. The fourth-order valence-corrected chi connectivity index (χ4v) is 7.91. The number of para-hydroxylation sites is 2. The molecule has 9 nitrogen and oxygen atoms in total. The normalized spacial score (nSPS) is 22.2. The zero-order chi connectivity index (χ0) is 32.8. The number of imide groups is 1. The molecule has 8 rings (SSSR count). The van der Waals surface area contributed by atoms with Crippen molar-refractivity contribution in [3.63, 3.8) is 0 Å². The van der Waals surface area contributed by atoms with Crippen LogP contribution in [0.5, 0.6) is 0 Å². The maximum atomic E-state index is 13.4. The van der Waals surface area contributed by atoms with Gasteiger partial charge in [-0.05, 0) is 75.3 Å². The lowest BCUT2D eigenvalue weighted by atomic mass is 9.90. The SMILES string of the molecule is O=C(N[C@H]1CCC[C@@H](Nc2ncc(Cl)c(-c3cn(-c4ccccc4)c4ccccc34)n2)C1)[C@H]1CC[C@@H](N2C(=O)c3ccccc3C2=O)C1. The number of fused-ring (bicyclic) bond motifs is 2. The number of amides is 3. The summed E-state index contributed by atoms with van der Waals surface area (Å²) < 4.78 is 2.15. The van der Waals surface area contributed by atoms with E-state index in [2.05, 4.69) is 50.6 Å². The lowest BCUT2D eigenvalue weighted by Crippen LogP contribution is -2.44. The van der Waals surface area contributed by atoms with Gasteiger partial charge in [-0.2, -0.15) is 0 Å². The first-order chi connectivity index (χ1) is 23.4. The van der Waals surface area contributed by atoms with Gasteiger partial charge in [0, 0.05) is 46.9 Å². The van der Waals surface area contributed by atoms with E-state index in [-0.39, 0.29) is 41.8 Å². The van der Waals surface area contributed by atoms with Gasteiger partial charge in [0.2, 0.25) is 11.9 Å². The summed E-state index contributed by atoms with van der Waals surface area (Å²) in [5.74, 6) is -0.232. The van der Waals surface area contributed by atoms with Crippen molar-refractivity contribution in [3.05, 3.63) is 107 Å². The first-order valence-corrected chi connectivity index (χ1v) is 17.0. The summed E-state index contributed by atoms with van der Waals surface area (Å²) in [4.78, 5) is 50.2. The Kier molecular flexibility index (Phi) is 7.92. The number of hydrogen-bond acceptors (Lipinski definition) is 6. The molecule has 3 aliphatic rings. The van der Waals surface area contributed by atoms with E-state index in [9.17, 15) is 14.4 Å². The van der Waals surface area contributed by atoms with Crippen LogP contribution in [0.3, 0.4) is 0 Å². The molecule has 2 saturated carbocycles. The van der Waals surface area contributed by atoms with Gasteiger partial charge in [0.05, 0.1) is 33.6 Å². The molecular weight excluding hydrogens is 624 g/mol. The Labute approximate surface area is 283 Å². The summed E-state index contributed by atoms with van der Waals surface area (Å²) in [7, 11) is 0. The number of aromatic nitrogens is 3. The van der Waals surface area contributed by atoms with Crippen molar-refractivity contribution in [2.75, 3.05) is 5.32 Å². The van der Waals surface area contributed by atoms with E-state index >= 15 is 0 Å². The fraction of sp³-hybridized carbons (Fsp3) is 0.289. The zero-order valence-electron chi connectivity index (χ0n) is 26.3. The van der Waals surface area contributed by atoms with Gasteiger partial charge >= 0.3 is 0 Å². The van der Waals surface area contributed by atoms with Crippen LogP contribution in [0.1, 0.15) is 65.7 Å². The molecule has 5 aromatic rings. The average molecular weight is 659 g/mol. The van der Waals surface area contributed by atoms with Crippen molar-refractivity contribution >= 4 is 46.2 Å². The predicted octanol–water partition coefficient (Wildman–Crippen LogP) is 7.05. The first kappa shape index (κ1) is 30.3. The summed E-state index contributed by atoms with van der Waals surface area (Å²) in [5, 5.41) is 8.32. The second-order valence-corrected chi connectivity index (χ2v) is 13.5. The third-order valence-electron chi connectivity index (χ3n) is 10.1. The van der Waals surface area contributed by atoms with Gasteiger partial charge in [-0.1, -0.05) is 60.1 Å². The van der Waals surface area contributed by atoms with Crippen molar-refractivity contribution in [2.45, 2.75) is 63.1 Å². The molecule has 0 bridgehead atoms. The predicted molar refractivity (Wildman–Crippen MR) is 185 cm³/mol. The second kappa shape index (κ2) is 12.5. The second-order valence-electron chi connectivity index (χ2n) is 13.1. The van der Waals surface area contributed by atoms with Crippen LogP contribution < -0.4 is 10.6 Å². The molecule has 3 heterocycles. The van der Waals surface area contributed by atoms with E-state index in [0.717, 1.165) is 47.8 Å². The summed E-state index contributed by atoms with van der Waals surface area (Å²) in [5.41, 5.74) is 4.60. The van der Waals surface area contributed by atoms with E-state index in [1.54, 1.807) is 30.5 Å². The van der Waals surface area contributed by atoms with Crippen LogP contribution in [-0.2, 0) is 4.79 Å². The van der Waals surface area contributed by atoms with Crippen molar-refractivity contribution in [3.8, 4) is 16.9 Å². The number of anilines is 1. The molecule has 3 amide bonds. The van der Waals surface area contributed by atoms with Gasteiger partial charge in [0.1, 0.15) is 0 Å². The molecule has 10 heteroatoms. The number of rotatable bonds is 7. The zero-order valence-corrected chi connectivity index (χ0v) is 27.1. The molecule has 1 aliphatic heterocycles. The highest BCUT2D eigenvalue weighted by molar-refractivity contribution is 6.33. The Morgan fingerprint density at radius 1 is 0.792 bits per heavy atom. The van der Waals surface area contributed by atoms with E-state index in [1.807, 2.05) is 30.3 Å². The molecule has 3 aromatic carbocycles. The summed E-state index contributed by atoms with van der Waals surface area (Å²) in [6, 6.07) is 25.2. The standard InChI is InChI=1S/C38H35ClN6O3/c39-32-21-40-38(43-34(32)31-22-44(26-11-2-1-3-12-26)33-16-7-6-13-28(31)33)42-25-10-8-9-24(20-25)41-35(46)23-17-18-27(19-23)45-36(47)29-14-4-5-15-30(29)37(45)48/h1-7,11-16,21-25,27H,8-10,17-20H2,(H,41,46)(H,40,42,43)/t23-,24-,25+,27+/m0/s1. The van der Waals surface area contributed by atoms with Gasteiger partial charge in [-0.15, -0.1) is 0 Å². The molecule has 0 radical (unpaired) electrons. The molecule has 242 valence electrons. The van der Waals surface area contributed by atoms with Crippen LogP contribution in [0.2, 0.25) is 5.02 Å². The Balaban J connectivity index is 0.932. The van der Waals surface area contributed by atoms with Crippen LogP contribution in [-0.4, -0.2) is 55.3 Å². The monoisotopic (exact) mass is 658 g/mol. The number of carbonyl (C=O) groups is 3. The summed E-state index contributed by atoms with van der Waals surface area (Å²) >= 11 is 6.71. The number of carbonyl (C=O) groups excluding carboxylic acids is 3. The molecule has 2 N–H and O–H groups in total. The molecule has 2 aromatic heterocycles. The molecule has 2 fully saturated rings. The van der Waals surface area contributed by atoms with Crippen molar-refractivity contribution in [1.29, 1.82) is 0 Å². The highest BCUT2D eigenvalue weighted by Crippen LogP contribution is 2.37. The van der Waals surface area contributed by atoms with E-state index < -0.39 is 0 Å². The smallest absolute Gasteiger partial charge is 0.261 e. The van der Waals surface area contributed by atoms with Gasteiger partial charge in [0.25, 0.3) is 11.8 Å². The lowest BCUT2D eigenvalue weighted by molar-refractivity contribution is -0.125. The van der Waals surface area contributed by atoms with Crippen molar-refractivity contribution in [1.82, 2.24) is 24.8 Å². The van der Waals surface area contributed by atoms with Gasteiger partial charge in [-0.3, -0.25) is 19.3 Å².